The van der Waals surface area contributed by atoms with Crippen LogP contribution in [0.1, 0.15) is 21.6 Å². The molecule has 2 N–H and O–H groups in total. The number of aryl methyl sites for hydroxylation is 2. The third kappa shape index (κ3) is 3.88. The Morgan fingerprint density at radius 3 is 2.68 bits per heavy atom. The average molecular weight is 376 g/mol. The standard InChI is InChI=1S/C21H20N4O3/c1-13-3-4-14(2)17(11-13)24-20(26)16-7-8-22-21(25-16)23-15-5-6-18-19(12-15)28-10-9-27-18/h3-8,11-12H,9-10H2,1-2H3,(H,24,26)(H,22,23,25). The van der Waals surface area contributed by atoms with Crippen LogP contribution in [-0.4, -0.2) is 29.1 Å². The van der Waals surface area contributed by atoms with E-state index in [2.05, 4.69) is 20.6 Å². The van der Waals surface area contributed by atoms with Crippen molar-refractivity contribution < 1.29 is 14.3 Å². The van der Waals surface area contributed by atoms with Crippen LogP contribution in [0.4, 0.5) is 17.3 Å². The minimum atomic E-state index is -0.290. The zero-order valence-electron chi connectivity index (χ0n) is 15.7. The number of aromatic nitrogens is 2. The Bertz CT molecular complexity index is 1040. The fourth-order valence-corrected chi connectivity index (χ4v) is 2.85. The second kappa shape index (κ2) is 7.56. The van der Waals surface area contributed by atoms with Crippen LogP contribution in [0.2, 0.25) is 0 Å². The monoisotopic (exact) mass is 376 g/mol. The van der Waals surface area contributed by atoms with Gasteiger partial charge >= 0.3 is 0 Å². The molecule has 0 spiro atoms. The lowest BCUT2D eigenvalue weighted by Crippen LogP contribution is -2.16. The minimum Gasteiger partial charge on any atom is -0.486 e. The van der Waals surface area contributed by atoms with Gasteiger partial charge in [0.25, 0.3) is 5.91 Å². The molecule has 0 bridgehead atoms. The number of amides is 1. The molecule has 0 atom stereocenters. The number of fused-ring (bicyclic) bond motifs is 1. The summed E-state index contributed by atoms with van der Waals surface area (Å²) in [7, 11) is 0. The van der Waals surface area contributed by atoms with Crippen LogP contribution < -0.4 is 20.1 Å². The van der Waals surface area contributed by atoms with Crippen molar-refractivity contribution in [1.82, 2.24) is 9.97 Å². The number of hydrogen-bond donors (Lipinski definition) is 2. The average Bonchev–Trinajstić information content (AvgIpc) is 2.71. The molecule has 0 radical (unpaired) electrons. The molecule has 2 aromatic carbocycles. The molecule has 3 aromatic rings. The molecule has 1 amide bonds. The zero-order valence-corrected chi connectivity index (χ0v) is 15.7. The number of rotatable bonds is 4. The minimum absolute atomic E-state index is 0.274. The van der Waals surface area contributed by atoms with Gasteiger partial charge < -0.3 is 20.1 Å². The predicted molar refractivity (Wildman–Crippen MR) is 107 cm³/mol. The van der Waals surface area contributed by atoms with Gasteiger partial charge in [0, 0.05) is 23.6 Å². The van der Waals surface area contributed by atoms with Gasteiger partial charge in [-0.15, -0.1) is 0 Å². The Labute approximate surface area is 162 Å². The van der Waals surface area contributed by atoms with E-state index in [1.165, 1.54) is 0 Å². The molecular formula is C21H20N4O3. The molecule has 0 saturated carbocycles. The summed E-state index contributed by atoms with van der Waals surface area (Å²) in [6, 6.07) is 13.0. The number of nitrogens with one attached hydrogen (secondary N) is 2. The van der Waals surface area contributed by atoms with E-state index >= 15 is 0 Å². The first-order valence-electron chi connectivity index (χ1n) is 8.97. The van der Waals surface area contributed by atoms with Crippen LogP contribution in [-0.2, 0) is 0 Å². The van der Waals surface area contributed by atoms with Crippen LogP contribution in [0.15, 0.2) is 48.7 Å². The fourth-order valence-electron chi connectivity index (χ4n) is 2.85. The van der Waals surface area contributed by atoms with Crippen LogP contribution >= 0.6 is 0 Å². The molecule has 1 aliphatic rings. The Hall–Kier alpha value is -3.61. The topological polar surface area (TPSA) is 85.4 Å². The first-order chi connectivity index (χ1) is 13.6. The van der Waals surface area contributed by atoms with Crippen LogP contribution in [0.5, 0.6) is 11.5 Å². The van der Waals surface area contributed by atoms with Crippen molar-refractivity contribution in [3.05, 3.63) is 65.5 Å². The first kappa shape index (κ1) is 17.8. The van der Waals surface area contributed by atoms with E-state index in [4.69, 9.17) is 9.47 Å². The number of ether oxygens (including phenoxy) is 2. The molecule has 142 valence electrons. The smallest absolute Gasteiger partial charge is 0.274 e. The number of benzene rings is 2. The van der Waals surface area contributed by atoms with E-state index in [0.717, 1.165) is 22.5 Å². The maximum atomic E-state index is 12.6. The summed E-state index contributed by atoms with van der Waals surface area (Å²) in [5.41, 5.74) is 3.85. The number of carbonyl (C=O) groups is 1. The Morgan fingerprint density at radius 2 is 1.82 bits per heavy atom. The van der Waals surface area contributed by atoms with Crippen LogP contribution in [0, 0.1) is 13.8 Å². The van der Waals surface area contributed by atoms with Gasteiger partial charge in [0.1, 0.15) is 18.9 Å². The number of anilines is 3. The predicted octanol–water partition coefficient (Wildman–Crippen LogP) is 3.86. The molecule has 1 aromatic heterocycles. The number of nitrogens with zero attached hydrogens (tertiary/aromatic N) is 2. The summed E-state index contributed by atoms with van der Waals surface area (Å²) < 4.78 is 11.1. The highest BCUT2D eigenvalue weighted by Crippen LogP contribution is 2.33. The van der Waals surface area contributed by atoms with Crippen molar-refractivity contribution in [2.24, 2.45) is 0 Å². The van der Waals surface area contributed by atoms with Crippen molar-refractivity contribution in [1.29, 1.82) is 0 Å². The van der Waals surface area contributed by atoms with Crippen molar-refractivity contribution in [3.8, 4) is 11.5 Å². The van der Waals surface area contributed by atoms with Crippen molar-refractivity contribution in [2.75, 3.05) is 23.8 Å². The molecule has 4 rings (SSSR count). The van der Waals surface area contributed by atoms with Gasteiger partial charge in [-0.05, 0) is 49.2 Å². The maximum Gasteiger partial charge on any atom is 0.274 e. The quantitative estimate of drug-likeness (QED) is 0.719. The molecule has 28 heavy (non-hydrogen) atoms. The molecule has 0 unspecified atom stereocenters. The Morgan fingerprint density at radius 1 is 1.00 bits per heavy atom. The van der Waals surface area contributed by atoms with Crippen molar-refractivity contribution in [3.63, 3.8) is 0 Å². The highest BCUT2D eigenvalue weighted by atomic mass is 16.6. The van der Waals surface area contributed by atoms with Gasteiger partial charge in [0.05, 0.1) is 0 Å². The van der Waals surface area contributed by atoms with Crippen LogP contribution in [0.3, 0.4) is 0 Å². The van der Waals surface area contributed by atoms with E-state index in [0.29, 0.717) is 30.7 Å². The first-order valence-corrected chi connectivity index (χ1v) is 8.97. The second-order valence-electron chi connectivity index (χ2n) is 6.52. The Kier molecular flexibility index (Phi) is 4.80. The maximum absolute atomic E-state index is 12.6. The molecule has 0 aliphatic carbocycles. The lowest BCUT2D eigenvalue weighted by atomic mass is 10.1. The summed E-state index contributed by atoms with van der Waals surface area (Å²) >= 11 is 0. The van der Waals surface area contributed by atoms with E-state index < -0.39 is 0 Å². The molecule has 7 nitrogen and oxygen atoms in total. The highest BCUT2D eigenvalue weighted by molar-refractivity contribution is 6.03. The molecular weight excluding hydrogens is 356 g/mol. The molecule has 0 fully saturated rings. The summed E-state index contributed by atoms with van der Waals surface area (Å²) in [5.74, 6) is 1.41. The Balaban J connectivity index is 1.51. The van der Waals surface area contributed by atoms with E-state index in [1.807, 2.05) is 50.2 Å². The van der Waals surface area contributed by atoms with E-state index in [-0.39, 0.29) is 11.6 Å². The van der Waals surface area contributed by atoms with E-state index in [1.54, 1.807) is 12.3 Å². The molecule has 2 heterocycles. The van der Waals surface area contributed by atoms with Gasteiger partial charge in [-0.1, -0.05) is 12.1 Å². The lowest BCUT2D eigenvalue weighted by molar-refractivity contribution is 0.102. The second-order valence-corrected chi connectivity index (χ2v) is 6.52. The van der Waals surface area contributed by atoms with Gasteiger partial charge in [-0.25, -0.2) is 9.97 Å². The SMILES string of the molecule is Cc1ccc(C)c(NC(=O)c2ccnc(Nc3ccc4c(c3)OCCO4)n2)c1. The summed E-state index contributed by atoms with van der Waals surface area (Å²) in [6.45, 7) is 4.99. The number of hydrogen-bond acceptors (Lipinski definition) is 6. The van der Waals surface area contributed by atoms with Gasteiger partial charge in [-0.3, -0.25) is 4.79 Å². The molecule has 7 heteroatoms. The van der Waals surface area contributed by atoms with Crippen molar-refractivity contribution >= 4 is 23.2 Å². The summed E-state index contributed by atoms with van der Waals surface area (Å²) in [5, 5.41) is 6.00. The normalized spacial score (nSPS) is 12.4. The third-order valence-corrected chi connectivity index (χ3v) is 4.33. The van der Waals surface area contributed by atoms with Gasteiger partial charge in [0.15, 0.2) is 11.5 Å². The molecule has 0 saturated heterocycles. The fraction of sp³-hybridized carbons (Fsp3) is 0.190. The van der Waals surface area contributed by atoms with Gasteiger partial charge in [0.2, 0.25) is 5.95 Å². The van der Waals surface area contributed by atoms with Crippen LogP contribution in [0.25, 0.3) is 0 Å². The van der Waals surface area contributed by atoms with Gasteiger partial charge in [-0.2, -0.15) is 0 Å². The zero-order chi connectivity index (χ0) is 19.5. The largest absolute Gasteiger partial charge is 0.486 e. The van der Waals surface area contributed by atoms with Crippen molar-refractivity contribution in [2.45, 2.75) is 13.8 Å². The third-order valence-electron chi connectivity index (χ3n) is 4.33. The molecule has 1 aliphatic heterocycles. The van der Waals surface area contributed by atoms with E-state index in [9.17, 15) is 4.79 Å². The lowest BCUT2D eigenvalue weighted by Gasteiger charge is -2.19. The summed E-state index contributed by atoms with van der Waals surface area (Å²) in [4.78, 5) is 21.1. The summed E-state index contributed by atoms with van der Waals surface area (Å²) in [6.07, 6.45) is 1.55. The number of carbonyl (C=O) groups excluding carboxylic acids is 1. The highest BCUT2D eigenvalue weighted by Gasteiger charge is 2.14.